The largest absolute Gasteiger partial charge is 0.444 e. The second kappa shape index (κ2) is 14.1. The van der Waals surface area contributed by atoms with E-state index in [1.54, 1.807) is 0 Å². The number of unbranched alkanes of at least 4 members (excludes halogenated alkanes) is 4. The van der Waals surface area contributed by atoms with Gasteiger partial charge in [0.2, 0.25) is 0 Å². The van der Waals surface area contributed by atoms with E-state index in [1.807, 2.05) is 0 Å². The summed E-state index contributed by atoms with van der Waals surface area (Å²) >= 11 is 0. The standard InChI is InChI=1S/C32H45NO2/c1-5-9-11-19-27(7-3)33(28(8-4)20-12-10-6-2)32(34)35-24-31-29-21-15-13-17-25(29)23-26-18-14-16-22-30(26)31/h13-18,21-23,27-28H,5-12,19-20,24H2,1-4H3. The van der Waals surface area contributed by atoms with Crippen LogP contribution in [0.15, 0.2) is 54.6 Å². The van der Waals surface area contributed by atoms with Gasteiger partial charge in [0, 0.05) is 17.6 Å². The van der Waals surface area contributed by atoms with Gasteiger partial charge in [0.1, 0.15) is 6.61 Å². The van der Waals surface area contributed by atoms with Crippen LogP contribution >= 0.6 is 0 Å². The van der Waals surface area contributed by atoms with E-state index in [9.17, 15) is 4.79 Å². The van der Waals surface area contributed by atoms with Crippen molar-refractivity contribution in [1.29, 1.82) is 0 Å². The van der Waals surface area contributed by atoms with Crippen LogP contribution in [0.1, 0.15) is 97.5 Å². The van der Waals surface area contributed by atoms with Gasteiger partial charge < -0.3 is 9.64 Å². The average Bonchev–Trinajstić information content (AvgIpc) is 2.89. The number of carbonyl (C=O) groups is 1. The monoisotopic (exact) mass is 475 g/mol. The van der Waals surface area contributed by atoms with E-state index in [2.05, 4.69) is 87.2 Å². The highest BCUT2D eigenvalue weighted by Gasteiger charge is 2.30. The molecule has 190 valence electrons. The molecular weight excluding hydrogens is 430 g/mol. The molecule has 0 saturated carbocycles. The Hall–Kier alpha value is -2.55. The first-order valence-corrected chi connectivity index (χ1v) is 14.0. The topological polar surface area (TPSA) is 29.5 Å². The fourth-order valence-electron chi connectivity index (χ4n) is 5.41. The molecule has 0 heterocycles. The third-order valence-electron chi connectivity index (χ3n) is 7.44. The van der Waals surface area contributed by atoms with Crippen LogP contribution in [0.3, 0.4) is 0 Å². The van der Waals surface area contributed by atoms with E-state index < -0.39 is 0 Å². The third-order valence-corrected chi connectivity index (χ3v) is 7.44. The first kappa shape index (κ1) is 27.0. The highest BCUT2D eigenvalue weighted by Crippen LogP contribution is 2.30. The van der Waals surface area contributed by atoms with E-state index in [0.29, 0.717) is 6.61 Å². The van der Waals surface area contributed by atoms with E-state index in [-0.39, 0.29) is 18.2 Å². The molecule has 0 bridgehead atoms. The lowest BCUT2D eigenvalue weighted by Gasteiger charge is -2.37. The van der Waals surface area contributed by atoms with Gasteiger partial charge in [-0.2, -0.15) is 0 Å². The molecule has 0 radical (unpaired) electrons. The minimum atomic E-state index is -0.145. The van der Waals surface area contributed by atoms with E-state index in [0.717, 1.165) is 54.9 Å². The van der Waals surface area contributed by atoms with Gasteiger partial charge in [0.15, 0.2) is 0 Å². The van der Waals surface area contributed by atoms with Crippen LogP contribution in [0.5, 0.6) is 0 Å². The molecule has 1 amide bonds. The average molecular weight is 476 g/mol. The van der Waals surface area contributed by atoms with Crippen LogP contribution < -0.4 is 0 Å². The van der Waals surface area contributed by atoms with Gasteiger partial charge in [-0.1, -0.05) is 115 Å². The van der Waals surface area contributed by atoms with Gasteiger partial charge >= 0.3 is 6.09 Å². The number of hydrogen-bond acceptors (Lipinski definition) is 2. The summed E-state index contributed by atoms with van der Waals surface area (Å²) in [6.45, 7) is 9.21. The Kier molecular flexibility index (Phi) is 10.9. The lowest BCUT2D eigenvalue weighted by atomic mass is 9.97. The van der Waals surface area contributed by atoms with Crippen molar-refractivity contribution in [3.8, 4) is 0 Å². The van der Waals surface area contributed by atoms with Gasteiger partial charge in [0.05, 0.1) is 0 Å². The Morgan fingerprint density at radius 1 is 0.743 bits per heavy atom. The summed E-state index contributed by atoms with van der Waals surface area (Å²) in [5, 5.41) is 4.70. The van der Waals surface area contributed by atoms with Crippen molar-refractivity contribution in [2.75, 3.05) is 0 Å². The Morgan fingerprint density at radius 3 is 1.69 bits per heavy atom. The van der Waals surface area contributed by atoms with Crippen LogP contribution in [0, 0.1) is 0 Å². The maximum absolute atomic E-state index is 13.8. The van der Waals surface area contributed by atoms with Crippen molar-refractivity contribution >= 4 is 27.6 Å². The number of hydrogen-bond donors (Lipinski definition) is 0. The van der Waals surface area contributed by atoms with Gasteiger partial charge in [-0.3, -0.25) is 0 Å². The molecule has 0 aromatic heterocycles. The Balaban J connectivity index is 1.88. The van der Waals surface area contributed by atoms with Crippen molar-refractivity contribution in [2.45, 2.75) is 111 Å². The Morgan fingerprint density at radius 2 is 1.23 bits per heavy atom. The summed E-state index contributed by atoms with van der Waals surface area (Å²) < 4.78 is 6.17. The lowest BCUT2D eigenvalue weighted by molar-refractivity contribution is 0.0531. The molecule has 3 heteroatoms. The quantitative estimate of drug-likeness (QED) is 0.171. The number of nitrogens with zero attached hydrogens (tertiary/aromatic N) is 1. The van der Waals surface area contributed by atoms with E-state index >= 15 is 0 Å². The molecule has 35 heavy (non-hydrogen) atoms. The van der Waals surface area contributed by atoms with Gasteiger partial charge in [0.25, 0.3) is 0 Å². The fraction of sp³-hybridized carbons (Fsp3) is 0.531. The highest BCUT2D eigenvalue weighted by atomic mass is 16.6. The maximum Gasteiger partial charge on any atom is 0.410 e. The fourth-order valence-corrected chi connectivity index (χ4v) is 5.41. The molecule has 0 N–H and O–H groups in total. The number of benzene rings is 3. The lowest BCUT2D eigenvalue weighted by Crippen LogP contribution is -2.47. The van der Waals surface area contributed by atoms with Crippen LogP contribution in [0.25, 0.3) is 21.5 Å². The molecule has 0 saturated heterocycles. The second-order valence-electron chi connectivity index (χ2n) is 9.87. The molecule has 2 atom stereocenters. The van der Waals surface area contributed by atoms with Gasteiger partial charge in [-0.15, -0.1) is 0 Å². The zero-order valence-electron chi connectivity index (χ0n) is 22.4. The second-order valence-corrected chi connectivity index (χ2v) is 9.87. The molecular formula is C32H45NO2. The van der Waals surface area contributed by atoms with E-state index in [1.165, 1.54) is 36.5 Å². The van der Waals surface area contributed by atoms with Gasteiger partial charge in [-0.25, -0.2) is 4.79 Å². The SMILES string of the molecule is CCCCCC(CC)N(C(=O)OCc1c2ccccc2cc2ccccc12)C(CC)CCCCC. The maximum atomic E-state index is 13.8. The molecule has 3 aromatic rings. The molecule has 3 aromatic carbocycles. The summed E-state index contributed by atoms with van der Waals surface area (Å²) in [5.41, 5.74) is 1.10. The number of fused-ring (bicyclic) bond motifs is 2. The third kappa shape index (κ3) is 6.99. The summed E-state index contributed by atoms with van der Waals surface area (Å²) in [4.78, 5) is 15.9. The predicted molar refractivity (Wildman–Crippen MR) is 150 cm³/mol. The van der Waals surface area contributed by atoms with Crippen molar-refractivity contribution in [3.05, 3.63) is 60.2 Å². The molecule has 3 nitrogen and oxygen atoms in total. The predicted octanol–water partition coefficient (Wildman–Crippen LogP) is 9.65. The molecule has 0 aliphatic rings. The molecule has 0 aliphatic heterocycles. The van der Waals surface area contributed by atoms with Crippen LogP contribution in [-0.4, -0.2) is 23.1 Å². The van der Waals surface area contributed by atoms with Gasteiger partial charge in [-0.05, 0) is 53.3 Å². The van der Waals surface area contributed by atoms with E-state index in [4.69, 9.17) is 4.74 Å². The molecule has 0 aliphatic carbocycles. The van der Waals surface area contributed by atoms with Crippen LogP contribution in [0.4, 0.5) is 4.79 Å². The molecule has 0 fully saturated rings. The highest BCUT2D eigenvalue weighted by molar-refractivity contribution is 6.02. The summed E-state index contributed by atoms with van der Waals surface area (Å²) in [7, 11) is 0. The minimum absolute atomic E-state index is 0.145. The molecule has 3 rings (SSSR count). The van der Waals surface area contributed by atoms with Crippen molar-refractivity contribution in [1.82, 2.24) is 4.90 Å². The zero-order chi connectivity index (χ0) is 25.0. The summed E-state index contributed by atoms with van der Waals surface area (Å²) in [6, 6.07) is 19.5. The Bertz CT molecular complexity index is 988. The van der Waals surface area contributed by atoms with Crippen LogP contribution in [0.2, 0.25) is 0 Å². The first-order valence-electron chi connectivity index (χ1n) is 14.0. The van der Waals surface area contributed by atoms with Crippen molar-refractivity contribution in [2.24, 2.45) is 0 Å². The summed E-state index contributed by atoms with van der Waals surface area (Å²) in [6.07, 6.45) is 11.1. The minimum Gasteiger partial charge on any atom is -0.444 e. The molecule has 0 spiro atoms. The molecule has 2 unspecified atom stereocenters. The number of amides is 1. The summed E-state index contributed by atoms with van der Waals surface area (Å²) in [5.74, 6) is 0. The Labute approximate surface area is 212 Å². The normalized spacial score (nSPS) is 13.1. The first-order chi connectivity index (χ1) is 17.1. The number of rotatable bonds is 14. The van der Waals surface area contributed by atoms with Crippen LogP contribution in [-0.2, 0) is 11.3 Å². The van der Waals surface area contributed by atoms with Crippen molar-refractivity contribution in [3.63, 3.8) is 0 Å². The zero-order valence-corrected chi connectivity index (χ0v) is 22.4. The number of ether oxygens (including phenoxy) is 1. The smallest absolute Gasteiger partial charge is 0.410 e. The number of carbonyl (C=O) groups excluding carboxylic acids is 1. The van der Waals surface area contributed by atoms with Crippen molar-refractivity contribution < 1.29 is 9.53 Å².